The maximum Gasteiger partial charge on any atom is 0.245 e. The van der Waals surface area contributed by atoms with Gasteiger partial charge in [0.05, 0.1) is 5.52 Å². The average molecular weight is 407 g/mol. The Morgan fingerprint density at radius 1 is 1.03 bits per heavy atom. The molecular formula is C24H30N4O2. The molecule has 6 nitrogen and oxygen atoms in total. The van der Waals surface area contributed by atoms with E-state index in [4.69, 9.17) is 0 Å². The fourth-order valence-electron chi connectivity index (χ4n) is 5.46. The number of amides is 2. The Hall–Kier alpha value is -2.47. The number of carbonyl (C=O) groups is 2. The van der Waals surface area contributed by atoms with Gasteiger partial charge in [0, 0.05) is 37.8 Å². The molecule has 2 atom stereocenters. The lowest BCUT2D eigenvalue weighted by Crippen LogP contribution is -2.69. The minimum Gasteiger partial charge on any atom is -0.342 e. The minimum absolute atomic E-state index is 0.0136. The SMILES string of the molecule is O=C1N[C@@H](CC2CCCCC2)C(=O)N2CCN(Cc3cccc4ncccc34)C[C@H]12. The van der Waals surface area contributed by atoms with Gasteiger partial charge in [0.15, 0.2) is 0 Å². The van der Waals surface area contributed by atoms with Crippen LogP contribution in [0.15, 0.2) is 36.5 Å². The predicted octanol–water partition coefficient (Wildman–Crippen LogP) is 2.72. The molecule has 1 saturated carbocycles. The highest BCUT2D eigenvalue weighted by molar-refractivity contribution is 5.97. The van der Waals surface area contributed by atoms with E-state index >= 15 is 0 Å². The molecule has 2 saturated heterocycles. The lowest BCUT2D eigenvalue weighted by Gasteiger charge is -2.46. The Balaban J connectivity index is 1.26. The molecule has 2 amide bonds. The number of fused-ring (bicyclic) bond motifs is 2. The highest BCUT2D eigenvalue weighted by atomic mass is 16.2. The minimum atomic E-state index is -0.373. The Bertz CT molecular complexity index is 934. The largest absolute Gasteiger partial charge is 0.342 e. The molecule has 1 aromatic heterocycles. The summed E-state index contributed by atoms with van der Waals surface area (Å²) in [7, 11) is 0. The first-order valence-corrected chi connectivity index (χ1v) is 11.3. The lowest BCUT2D eigenvalue weighted by atomic mass is 9.84. The standard InChI is InChI=1S/C24H30N4O2/c29-23-22-16-27(15-18-8-4-10-20-19(18)9-5-11-25-20)12-13-28(22)24(30)21(26-23)14-17-6-2-1-3-7-17/h4-5,8-11,17,21-22H,1-3,6-7,12-16H2,(H,26,29)/t21-,22+/m0/s1. The maximum absolute atomic E-state index is 13.1. The highest BCUT2D eigenvalue weighted by Crippen LogP contribution is 2.29. The first-order valence-electron chi connectivity index (χ1n) is 11.3. The summed E-state index contributed by atoms with van der Waals surface area (Å²) < 4.78 is 0. The van der Waals surface area contributed by atoms with Gasteiger partial charge in [-0.25, -0.2) is 0 Å². The van der Waals surface area contributed by atoms with Crippen molar-refractivity contribution in [3.8, 4) is 0 Å². The van der Waals surface area contributed by atoms with Gasteiger partial charge in [-0.1, -0.05) is 50.3 Å². The monoisotopic (exact) mass is 406 g/mol. The van der Waals surface area contributed by atoms with Gasteiger partial charge in [0.1, 0.15) is 12.1 Å². The number of rotatable bonds is 4. The highest BCUT2D eigenvalue weighted by Gasteiger charge is 2.43. The summed E-state index contributed by atoms with van der Waals surface area (Å²) in [5, 5.41) is 4.21. The van der Waals surface area contributed by atoms with Gasteiger partial charge in [-0.2, -0.15) is 0 Å². The van der Waals surface area contributed by atoms with Crippen molar-refractivity contribution in [1.29, 1.82) is 0 Å². The van der Waals surface area contributed by atoms with Gasteiger partial charge in [-0.05, 0) is 30.0 Å². The number of nitrogens with zero attached hydrogens (tertiary/aromatic N) is 3. The van der Waals surface area contributed by atoms with Crippen LogP contribution in [0.4, 0.5) is 0 Å². The van der Waals surface area contributed by atoms with Crippen molar-refractivity contribution >= 4 is 22.7 Å². The lowest BCUT2D eigenvalue weighted by molar-refractivity contribution is -0.153. The van der Waals surface area contributed by atoms with Crippen LogP contribution in [0, 0.1) is 5.92 Å². The van der Waals surface area contributed by atoms with E-state index in [-0.39, 0.29) is 23.9 Å². The summed E-state index contributed by atoms with van der Waals surface area (Å²) in [5.74, 6) is 0.713. The van der Waals surface area contributed by atoms with E-state index in [2.05, 4.69) is 27.3 Å². The van der Waals surface area contributed by atoms with E-state index in [9.17, 15) is 9.59 Å². The van der Waals surface area contributed by atoms with Crippen LogP contribution >= 0.6 is 0 Å². The van der Waals surface area contributed by atoms with Crippen molar-refractivity contribution < 1.29 is 9.59 Å². The third-order valence-electron chi connectivity index (χ3n) is 7.09. The van der Waals surface area contributed by atoms with Crippen LogP contribution in [0.2, 0.25) is 0 Å². The molecule has 3 heterocycles. The number of benzene rings is 1. The molecule has 158 valence electrons. The van der Waals surface area contributed by atoms with Gasteiger partial charge in [0.2, 0.25) is 11.8 Å². The molecule has 1 aliphatic carbocycles. The van der Waals surface area contributed by atoms with Crippen molar-refractivity contribution in [1.82, 2.24) is 20.1 Å². The third kappa shape index (κ3) is 3.81. The molecule has 0 bridgehead atoms. The molecule has 3 aliphatic rings. The van der Waals surface area contributed by atoms with E-state index in [0.29, 0.717) is 19.0 Å². The number of nitrogens with one attached hydrogen (secondary N) is 1. The fourth-order valence-corrected chi connectivity index (χ4v) is 5.46. The van der Waals surface area contributed by atoms with E-state index in [1.807, 2.05) is 29.3 Å². The van der Waals surface area contributed by atoms with Crippen molar-refractivity contribution in [2.75, 3.05) is 19.6 Å². The second kappa shape index (κ2) is 8.34. The molecule has 2 aliphatic heterocycles. The van der Waals surface area contributed by atoms with Crippen molar-refractivity contribution in [3.05, 3.63) is 42.1 Å². The van der Waals surface area contributed by atoms with Crippen molar-refractivity contribution in [3.63, 3.8) is 0 Å². The molecule has 1 N–H and O–H groups in total. The average Bonchev–Trinajstić information content (AvgIpc) is 2.78. The Morgan fingerprint density at radius 3 is 2.77 bits per heavy atom. The number of pyridine rings is 1. The van der Waals surface area contributed by atoms with E-state index in [1.165, 1.54) is 37.7 Å². The molecule has 2 aromatic rings. The van der Waals surface area contributed by atoms with Crippen molar-refractivity contribution in [2.24, 2.45) is 5.92 Å². The Labute approximate surface area is 177 Å². The maximum atomic E-state index is 13.1. The second-order valence-corrected chi connectivity index (χ2v) is 9.07. The van der Waals surface area contributed by atoms with Gasteiger partial charge in [-0.3, -0.25) is 19.5 Å². The second-order valence-electron chi connectivity index (χ2n) is 9.07. The van der Waals surface area contributed by atoms with Crippen LogP contribution in [0.3, 0.4) is 0 Å². The summed E-state index contributed by atoms with van der Waals surface area (Å²) in [4.78, 5) is 34.6. The zero-order chi connectivity index (χ0) is 20.5. The summed E-state index contributed by atoms with van der Waals surface area (Å²) in [5.41, 5.74) is 2.21. The molecule has 0 unspecified atom stereocenters. The zero-order valence-electron chi connectivity index (χ0n) is 17.4. The van der Waals surface area contributed by atoms with Gasteiger partial charge in [-0.15, -0.1) is 0 Å². The first kappa shape index (κ1) is 19.5. The molecule has 30 heavy (non-hydrogen) atoms. The first-order chi connectivity index (χ1) is 14.7. The van der Waals surface area contributed by atoms with Crippen LogP contribution in [0.25, 0.3) is 10.9 Å². The molecule has 3 fully saturated rings. The number of carbonyl (C=O) groups excluding carboxylic acids is 2. The van der Waals surface area contributed by atoms with Crippen LogP contribution in [0.1, 0.15) is 44.1 Å². The summed E-state index contributed by atoms with van der Waals surface area (Å²) in [6, 6.07) is 9.55. The quantitative estimate of drug-likeness (QED) is 0.848. The molecular weight excluding hydrogens is 376 g/mol. The van der Waals surface area contributed by atoms with E-state index in [1.54, 1.807) is 0 Å². The number of piperazine rings is 2. The van der Waals surface area contributed by atoms with Crippen LogP contribution < -0.4 is 5.32 Å². The molecule has 6 heteroatoms. The molecule has 1 aromatic carbocycles. The number of aromatic nitrogens is 1. The summed E-state index contributed by atoms with van der Waals surface area (Å²) >= 11 is 0. The van der Waals surface area contributed by atoms with E-state index in [0.717, 1.165) is 30.4 Å². The van der Waals surface area contributed by atoms with Crippen molar-refractivity contribution in [2.45, 2.75) is 57.2 Å². The van der Waals surface area contributed by atoms with Crippen LogP contribution in [0.5, 0.6) is 0 Å². The smallest absolute Gasteiger partial charge is 0.245 e. The van der Waals surface area contributed by atoms with Gasteiger partial charge in [0.25, 0.3) is 0 Å². The topological polar surface area (TPSA) is 65.5 Å². The zero-order valence-corrected chi connectivity index (χ0v) is 17.4. The van der Waals surface area contributed by atoms with Gasteiger partial charge >= 0.3 is 0 Å². The molecule has 0 spiro atoms. The van der Waals surface area contributed by atoms with Crippen LogP contribution in [-0.2, 0) is 16.1 Å². The Morgan fingerprint density at radius 2 is 1.90 bits per heavy atom. The summed E-state index contributed by atoms with van der Waals surface area (Å²) in [6.45, 7) is 2.77. The third-order valence-corrected chi connectivity index (χ3v) is 7.09. The number of hydrogen-bond acceptors (Lipinski definition) is 4. The fraction of sp³-hybridized carbons (Fsp3) is 0.542. The predicted molar refractivity (Wildman–Crippen MR) is 116 cm³/mol. The summed E-state index contributed by atoms with van der Waals surface area (Å²) in [6.07, 6.45) is 8.81. The molecule has 5 rings (SSSR count). The molecule has 0 radical (unpaired) electrons. The van der Waals surface area contributed by atoms with E-state index < -0.39 is 0 Å². The number of hydrogen-bond donors (Lipinski definition) is 1. The Kier molecular flexibility index (Phi) is 5.42. The van der Waals surface area contributed by atoms with Gasteiger partial charge < -0.3 is 10.2 Å². The van der Waals surface area contributed by atoms with Crippen LogP contribution in [-0.4, -0.2) is 58.3 Å². The normalized spacial score (nSPS) is 25.9.